The molecule has 0 radical (unpaired) electrons. The number of aryl methyl sites for hydroxylation is 1. The number of ether oxygens (including phenoxy) is 2. The first kappa shape index (κ1) is 23.5. The molecule has 3 rings (SSSR count). The highest BCUT2D eigenvalue weighted by Gasteiger charge is 2.45. The van der Waals surface area contributed by atoms with Crippen LogP contribution in [0.2, 0.25) is 0 Å². The summed E-state index contributed by atoms with van der Waals surface area (Å²) in [6.45, 7) is 7.36. The van der Waals surface area contributed by atoms with Crippen LogP contribution < -0.4 is 4.74 Å². The summed E-state index contributed by atoms with van der Waals surface area (Å²) in [5, 5.41) is 11.2. The number of hydrogen-bond donors (Lipinski definition) is 1. The van der Waals surface area contributed by atoms with Crippen LogP contribution in [-0.2, 0) is 14.3 Å². The first-order valence-corrected chi connectivity index (χ1v) is 10.8. The second-order valence-corrected chi connectivity index (χ2v) is 8.30. The fourth-order valence-corrected chi connectivity index (χ4v) is 3.78. The van der Waals surface area contributed by atoms with Gasteiger partial charge in [0.25, 0.3) is 11.7 Å². The Balaban J connectivity index is 2.04. The molecule has 1 saturated heterocycles. The molecule has 7 heteroatoms. The number of Topliss-reactive ketones (excluding diaryl/α,β-unsaturated/α-hetero) is 1. The van der Waals surface area contributed by atoms with Crippen LogP contribution >= 0.6 is 0 Å². The van der Waals surface area contributed by atoms with Crippen LogP contribution in [0.1, 0.15) is 43.0 Å². The van der Waals surface area contributed by atoms with E-state index in [-0.39, 0.29) is 11.3 Å². The molecule has 7 nitrogen and oxygen atoms in total. The third kappa shape index (κ3) is 4.99. The minimum atomic E-state index is -0.693. The smallest absolute Gasteiger partial charge is 0.295 e. The minimum Gasteiger partial charge on any atom is -0.507 e. The van der Waals surface area contributed by atoms with Gasteiger partial charge in [0, 0.05) is 38.2 Å². The SMILES string of the molecule is COCCCN1C(=O)C(=O)C(=C(O)c2ccc(OCC(C)C)cc2C)[C@H]1c1ccncc1. The summed E-state index contributed by atoms with van der Waals surface area (Å²) < 4.78 is 10.9. The molecule has 0 unspecified atom stereocenters. The van der Waals surface area contributed by atoms with Crippen LogP contribution in [0.4, 0.5) is 0 Å². The van der Waals surface area contributed by atoms with Crippen molar-refractivity contribution in [1.82, 2.24) is 9.88 Å². The highest BCUT2D eigenvalue weighted by Crippen LogP contribution is 2.40. The summed E-state index contributed by atoms with van der Waals surface area (Å²) in [6.07, 6.45) is 3.79. The molecule has 1 atom stereocenters. The zero-order chi connectivity index (χ0) is 23.3. The van der Waals surface area contributed by atoms with Crippen LogP contribution in [0.15, 0.2) is 48.3 Å². The Bertz CT molecular complexity index is 1000. The van der Waals surface area contributed by atoms with Crippen molar-refractivity contribution in [2.24, 2.45) is 5.92 Å². The van der Waals surface area contributed by atoms with Gasteiger partial charge in [-0.05, 0) is 60.7 Å². The number of likely N-dealkylation sites (tertiary alicyclic amines) is 1. The minimum absolute atomic E-state index is 0.0811. The van der Waals surface area contributed by atoms with Crippen molar-refractivity contribution in [2.45, 2.75) is 33.2 Å². The molecule has 1 amide bonds. The fourth-order valence-electron chi connectivity index (χ4n) is 3.78. The van der Waals surface area contributed by atoms with Gasteiger partial charge in [0.1, 0.15) is 11.5 Å². The summed E-state index contributed by atoms with van der Waals surface area (Å²) in [5.41, 5.74) is 2.05. The number of aromatic nitrogens is 1. The summed E-state index contributed by atoms with van der Waals surface area (Å²) in [4.78, 5) is 31.4. The lowest BCUT2D eigenvalue weighted by atomic mass is 9.94. The normalized spacial score (nSPS) is 17.9. The second-order valence-electron chi connectivity index (χ2n) is 8.30. The van der Waals surface area contributed by atoms with Crippen LogP contribution in [0.3, 0.4) is 0 Å². The lowest BCUT2D eigenvalue weighted by Crippen LogP contribution is -2.31. The van der Waals surface area contributed by atoms with Crippen molar-refractivity contribution in [3.63, 3.8) is 0 Å². The highest BCUT2D eigenvalue weighted by atomic mass is 16.5. The van der Waals surface area contributed by atoms with Gasteiger partial charge in [0.05, 0.1) is 18.2 Å². The molecule has 1 fully saturated rings. The maximum Gasteiger partial charge on any atom is 0.295 e. The molecule has 1 aliphatic rings. The Morgan fingerprint density at radius 3 is 2.53 bits per heavy atom. The van der Waals surface area contributed by atoms with E-state index in [0.29, 0.717) is 49.0 Å². The predicted octanol–water partition coefficient (Wildman–Crippen LogP) is 3.88. The van der Waals surface area contributed by atoms with Crippen molar-refractivity contribution < 1.29 is 24.2 Å². The molecule has 32 heavy (non-hydrogen) atoms. The monoisotopic (exact) mass is 438 g/mol. The fraction of sp³-hybridized carbons (Fsp3) is 0.400. The van der Waals surface area contributed by atoms with E-state index in [0.717, 1.165) is 5.56 Å². The van der Waals surface area contributed by atoms with Crippen LogP contribution in [-0.4, -0.2) is 53.5 Å². The van der Waals surface area contributed by atoms with Gasteiger partial charge in [0.2, 0.25) is 0 Å². The molecule has 0 bridgehead atoms. The Labute approximate surface area is 188 Å². The van der Waals surface area contributed by atoms with Crippen LogP contribution in [0.5, 0.6) is 5.75 Å². The topological polar surface area (TPSA) is 89.0 Å². The number of nitrogens with zero attached hydrogens (tertiary/aromatic N) is 2. The highest BCUT2D eigenvalue weighted by molar-refractivity contribution is 6.46. The zero-order valence-corrected chi connectivity index (χ0v) is 19.0. The zero-order valence-electron chi connectivity index (χ0n) is 19.0. The third-order valence-corrected chi connectivity index (χ3v) is 5.35. The van der Waals surface area contributed by atoms with Crippen LogP contribution in [0.25, 0.3) is 5.76 Å². The average molecular weight is 439 g/mol. The largest absolute Gasteiger partial charge is 0.507 e. The second kappa shape index (κ2) is 10.4. The first-order chi connectivity index (χ1) is 15.3. The molecule has 2 heterocycles. The first-order valence-electron chi connectivity index (χ1n) is 10.8. The molecule has 1 aromatic carbocycles. The number of benzene rings is 1. The lowest BCUT2D eigenvalue weighted by Gasteiger charge is -2.25. The summed E-state index contributed by atoms with van der Waals surface area (Å²) in [6, 6.07) is 8.13. The molecule has 2 aromatic rings. The van der Waals surface area contributed by atoms with Gasteiger partial charge in [-0.3, -0.25) is 14.6 Å². The quantitative estimate of drug-likeness (QED) is 0.277. The Kier molecular flexibility index (Phi) is 7.64. The van der Waals surface area contributed by atoms with Gasteiger partial charge in [0.15, 0.2) is 0 Å². The standard InChI is InChI=1S/C25H30N2O5/c1-16(2)15-32-19-6-7-20(17(3)14-19)23(28)21-22(18-8-10-26-11-9-18)27(12-5-13-31-4)25(30)24(21)29/h6-11,14,16,22,28H,5,12-13,15H2,1-4H3/t22-/m1/s1. The number of rotatable bonds is 9. The number of aliphatic hydroxyl groups excluding tert-OH is 1. The number of pyridine rings is 1. The summed E-state index contributed by atoms with van der Waals surface area (Å²) in [7, 11) is 1.59. The van der Waals surface area contributed by atoms with E-state index in [2.05, 4.69) is 18.8 Å². The molecule has 1 aliphatic heterocycles. The lowest BCUT2D eigenvalue weighted by molar-refractivity contribution is -0.140. The van der Waals surface area contributed by atoms with E-state index in [4.69, 9.17) is 9.47 Å². The van der Waals surface area contributed by atoms with Crippen LogP contribution in [0, 0.1) is 12.8 Å². The third-order valence-electron chi connectivity index (χ3n) is 5.35. The maximum absolute atomic E-state index is 13.0. The molecule has 170 valence electrons. The number of aliphatic hydroxyl groups is 1. The van der Waals surface area contributed by atoms with Crippen molar-refractivity contribution >= 4 is 17.4 Å². The molecule has 0 saturated carbocycles. The molecule has 0 spiro atoms. The number of ketones is 1. The van der Waals surface area contributed by atoms with Gasteiger partial charge in [-0.2, -0.15) is 0 Å². The van der Waals surface area contributed by atoms with Crippen molar-refractivity contribution in [3.05, 3.63) is 65.0 Å². The van der Waals surface area contributed by atoms with E-state index in [1.807, 2.05) is 13.0 Å². The summed E-state index contributed by atoms with van der Waals surface area (Å²) in [5.74, 6) is -0.427. The van der Waals surface area contributed by atoms with Gasteiger partial charge >= 0.3 is 0 Å². The number of carbonyl (C=O) groups is 2. The van der Waals surface area contributed by atoms with Gasteiger partial charge in [-0.25, -0.2) is 0 Å². The number of methoxy groups -OCH3 is 1. The van der Waals surface area contributed by atoms with E-state index in [1.54, 1.807) is 43.8 Å². The predicted molar refractivity (Wildman–Crippen MR) is 121 cm³/mol. The number of carbonyl (C=O) groups excluding carboxylic acids is 2. The number of hydrogen-bond acceptors (Lipinski definition) is 6. The molecule has 1 N–H and O–H groups in total. The summed E-state index contributed by atoms with van der Waals surface area (Å²) >= 11 is 0. The Morgan fingerprint density at radius 2 is 1.91 bits per heavy atom. The Hall–Kier alpha value is -3.19. The van der Waals surface area contributed by atoms with E-state index >= 15 is 0 Å². The Morgan fingerprint density at radius 1 is 1.19 bits per heavy atom. The molecule has 1 aromatic heterocycles. The number of amides is 1. The van der Waals surface area contributed by atoms with Crippen molar-refractivity contribution in [2.75, 3.05) is 26.9 Å². The van der Waals surface area contributed by atoms with E-state index in [1.165, 1.54) is 4.90 Å². The van der Waals surface area contributed by atoms with Crippen molar-refractivity contribution in [3.8, 4) is 5.75 Å². The molecular weight excluding hydrogens is 408 g/mol. The van der Waals surface area contributed by atoms with Gasteiger partial charge in [-0.1, -0.05) is 13.8 Å². The van der Waals surface area contributed by atoms with Crippen molar-refractivity contribution in [1.29, 1.82) is 0 Å². The molecule has 0 aliphatic carbocycles. The van der Waals surface area contributed by atoms with Gasteiger partial charge < -0.3 is 19.5 Å². The maximum atomic E-state index is 13.0. The molecular formula is C25H30N2O5. The van der Waals surface area contributed by atoms with E-state index in [9.17, 15) is 14.7 Å². The van der Waals surface area contributed by atoms with Gasteiger partial charge in [-0.15, -0.1) is 0 Å². The van der Waals surface area contributed by atoms with E-state index < -0.39 is 17.7 Å². The average Bonchev–Trinajstić information content (AvgIpc) is 3.03.